The molecule has 3 amide bonds. The van der Waals surface area contributed by atoms with Crippen LogP contribution in [-0.4, -0.2) is 42.6 Å². The quantitative estimate of drug-likeness (QED) is 0.0720. The monoisotopic (exact) mass is 586 g/mol. The molecule has 0 radical (unpaired) electrons. The normalized spacial score (nSPS) is 15.2. The van der Waals surface area contributed by atoms with Crippen molar-refractivity contribution < 1.29 is 33.4 Å². The lowest BCUT2D eigenvalue weighted by molar-refractivity contribution is -0.159. The van der Waals surface area contributed by atoms with Gasteiger partial charge >= 0.3 is 18.2 Å². The van der Waals surface area contributed by atoms with Crippen LogP contribution in [0.2, 0.25) is 0 Å². The van der Waals surface area contributed by atoms with Crippen molar-refractivity contribution in [1.82, 2.24) is 16.0 Å². The third-order valence-corrected chi connectivity index (χ3v) is 6.57. The van der Waals surface area contributed by atoms with E-state index >= 15 is 0 Å². The smallest absolute Gasteiger partial charge is 0.414 e. The second kappa shape index (κ2) is 16.3. The molecule has 3 aromatic carbocycles. The lowest BCUT2D eigenvalue weighted by Crippen LogP contribution is -2.62. The van der Waals surface area contributed by atoms with E-state index in [0.29, 0.717) is 19.3 Å². The number of unbranched alkanes of at least 4 members (excludes halogenated alkanes) is 1. The first-order valence-electron chi connectivity index (χ1n) is 14.0. The van der Waals surface area contributed by atoms with Crippen LogP contribution in [0.4, 0.5) is 9.59 Å². The number of carbonyl (C=O) groups is 4. The Labute approximate surface area is 249 Å². The molecule has 0 aromatic heterocycles. The Morgan fingerprint density at radius 2 is 1.14 bits per heavy atom. The summed E-state index contributed by atoms with van der Waals surface area (Å²) in [5.41, 5.74) is 2.46. The van der Waals surface area contributed by atoms with Crippen LogP contribution in [0.1, 0.15) is 36.0 Å². The topological polar surface area (TPSA) is 144 Å². The molecule has 0 bridgehead atoms. The van der Waals surface area contributed by atoms with E-state index in [-0.39, 0.29) is 38.2 Å². The van der Waals surface area contributed by atoms with Crippen molar-refractivity contribution >= 4 is 30.0 Å². The first kappa shape index (κ1) is 30.8. The lowest BCUT2D eigenvalue weighted by atomic mass is 9.86. The van der Waals surface area contributed by atoms with Gasteiger partial charge in [0.25, 0.3) is 0 Å². The number of hydrogen-bond acceptors (Lipinski definition) is 8. The van der Waals surface area contributed by atoms with Gasteiger partial charge in [0.15, 0.2) is 0 Å². The van der Waals surface area contributed by atoms with E-state index in [0.717, 1.165) is 16.7 Å². The van der Waals surface area contributed by atoms with E-state index < -0.39 is 30.1 Å². The standard InChI is InChI=1S/C32H34N4O7/c37-28-26(27(34-28)29(38)41-20-23-12-4-1-5-13-23)18-10-11-19-33-30(35-31(39)42-21-24-14-6-2-7-15-24)36-32(40)43-22-25-16-8-3-9-17-25/h1-9,12-17,26-27H,10-11,18-22H2,(H,34,37)(H2,33,35,36,39,40)/t26-,27+/m1/s1. The van der Waals surface area contributed by atoms with Crippen LogP contribution in [0.25, 0.3) is 0 Å². The molecule has 224 valence electrons. The summed E-state index contributed by atoms with van der Waals surface area (Å²) in [6, 6.07) is 26.9. The van der Waals surface area contributed by atoms with Gasteiger partial charge in [-0.2, -0.15) is 0 Å². The Balaban J connectivity index is 1.24. The third kappa shape index (κ3) is 10.3. The van der Waals surface area contributed by atoms with Gasteiger partial charge in [-0.05, 0) is 29.5 Å². The number of guanidine groups is 1. The maximum absolute atomic E-state index is 12.5. The SMILES string of the molecule is O=C(NC(=NCCCC[C@H]1C(=O)N[C@@H]1C(=O)OCc1ccccc1)NC(=O)OCc1ccccc1)OCc1ccccc1. The predicted octanol–water partition coefficient (Wildman–Crippen LogP) is 4.22. The molecular weight excluding hydrogens is 552 g/mol. The Hall–Kier alpha value is -5.19. The van der Waals surface area contributed by atoms with Gasteiger partial charge in [-0.15, -0.1) is 0 Å². The molecule has 1 fully saturated rings. The fraction of sp³-hybridized carbons (Fsp3) is 0.281. The zero-order valence-electron chi connectivity index (χ0n) is 23.6. The van der Waals surface area contributed by atoms with Crippen molar-refractivity contribution in [2.24, 2.45) is 10.9 Å². The molecule has 11 heteroatoms. The van der Waals surface area contributed by atoms with Gasteiger partial charge in [-0.3, -0.25) is 20.4 Å². The number of nitrogens with zero attached hydrogens (tertiary/aromatic N) is 1. The van der Waals surface area contributed by atoms with Gasteiger partial charge in [-0.1, -0.05) is 97.4 Å². The minimum absolute atomic E-state index is 0.0385. The van der Waals surface area contributed by atoms with Gasteiger partial charge in [0.05, 0.1) is 5.92 Å². The fourth-order valence-corrected chi connectivity index (χ4v) is 4.24. The van der Waals surface area contributed by atoms with Gasteiger partial charge < -0.3 is 19.5 Å². The molecule has 4 rings (SSSR count). The van der Waals surface area contributed by atoms with Gasteiger partial charge in [-0.25, -0.2) is 14.4 Å². The molecule has 3 aromatic rings. The van der Waals surface area contributed by atoms with Gasteiger partial charge in [0.2, 0.25) is 11.9 Å². The van der Waals surface area contributed by atoms with Crippen molar-refractivity contribution in [3.63, 3.8) is 0 Å². The zero-order chi connectivity index (χ0) is 30.3. The van der Waals surface area contributed by atoms with E-state index in [1.54, 1.807) is 0 Å². The Morgan fingerprint density at radius 1 is 0.674 bits per heavy atom. The number of β-lactam (4-membered cyclic amide) rings is 1. The van der Waals surface area contributed by atoms with Crippen LogP contribution in [0, 0.1) is 5.92 Å². The van der Waals surface area contributed by atoms with Crippen LogP contribution in [0.15, 0.2) is 96.0 Å². The minimum atomic E-state index is -0.797. The summed E-state index contributed by atoms with van der Waals surface area (Å²) < 4.78 is 15.8. The second-order valence-corrected chi connectivity index (χ2v) is 9.79. The van der Waals surface area contributed by atoms with Crippen molar-refractivity contribution in [2.75, 3.05) is 6.54 Å². The largest absolute Gasteiger partial charge is 0.459 e. The predicted molar refractivity (Wildman–Crippen MR) is 157 cm³/mol. The number of amides is 3. The number of carbonyl (C=O) groups excluding carboxylic acids is 4. The molecule has 11 nitrogen and oxygen atoms in total. The maximum atomic E-state index is 12.5. The summed E-state index contributed by atoms with van der Waals surface area (Å²) in [4.78, 5) is 53.6. The van der Waals surface area contributed by atoms with Crippen LogP contribution in [0.3, 0.4) is 0 Å². The summed E-state index contributed by atoms with van der Waals surface area (Å²) in [6.07, 6.45) is -0.0294. The summed E-state index contributed by atoms with van der Waals surface area (Å²) in [5, 5.41) is 7.51. The van der Waals surface area contributed by atoms with Crippen molar-refractivity contribution in [2.45, 2.75) is 45.1 Å². The number of nitrogens with one attached hydrogen (secondary N) is 3. The molecule has 3 N–H and O–H groups in total. The van der Waals surface area contributed by atoms with Crippen molar-refractivity contribution in [1.29, 1.82) is 0 Å². The van der Waals surface area contributed by atoms with E-state index in [4.69, 9.17) is 14.2 Å². The third-order valence-electron chi connectivity index (χ3n) is 6.57. The maximum Gasteiger partial charge on any atom is 0.414 e. The zero-order valence-corrected chi connectivity index (χ0v) is 23.6. The molecule has 1 aliphatic heterocycles. The first-order valence-corrected chi connectivity index (χ1v) is 14.0. The van der Waals surface area contributed by atoms with E-state index in [2.05, 4.69) is 20.9 Å². The van der Waals surface area contributed by atoms with E-state index in [1.165, 1.54) is 0 Å². The molecule has 1 saturated heterocycles. The summed E-state index contributed by atoms with van der Waals surface area (Å²) in [7, 11) is 0. The van der Waals surface area contributed by atoms with Crippen LogP contribution in [0.5, 0.6) is 0 Å². The summed E-state index contributed by atoms with van der Waals surface area (Å²) in [6.45, 7) is 0.441. The van der Waals surface area contributed by atoms with E-state index in [1.807, 2.05) is 91.0 Å². The van der Waals surface area contributed by atoms with Crippen LogP contribution in [-0.2, 0) is 43.6 Å². The number of alkyl carbamates (subject to hydrolysis) is 2. The highest BCUT2D eigenvalue weighted by Crippen LogP contribution is 2.23. The molecule has 43 heavy (non-hydrogen) atoms. The highest BCUT2D eigenvalue weighted by molar-refractivity contribution is 6.01. The number of benzene rings is 3. The minimum Gasteiger partial charge on any atom is -0.459 e. The van der Waals surface area contributed by atoms with Crippen molar-refractivity contribution in [3.8, 4) is 0 Å². The van der Waals surface area contributed by atoms with Crippen molar-refractivity contribution in [3.05, 3.63) is 108 Å². The highest BCUT2D eigenvalue weighted by Gasteiger charge is 2.44. The Bertz CT molecular complexity index is 1330. The van der Waals surface area contributed by atoms with Crippen LogP contribution < -0.4 is 16.0 Å². The lowest BCUT2D eigenvalue weighted by Gasteiger charge is -2.34. The van der Waals surface area contributed by atoms with Gasteiger partial charge in [0.1, 0.15) is 25.9 Å². The fourth-order valence-electron chi connectivity index (χ4n) is 4.24. The Kier molecular flexibility index (Phi) is 11.7. The highest BCUT2D eigenvalue weighted by atomic mass is 16.6. The number of ether oxygens (including phenoxy) is 3. The molecule has 0 unspecified atom stereocenters. The molecular formula is C32H34N4O7. The summed E-state index contributed by atoms with van der Waals surface area (Å²) >= 11 is 0. The first-order chi connectivity index (χ1) is 21.0. The summed E-state index contributed by atoms with van der Waals surface area (Å²) in [5.74, 6) is -1.27. The number of rotatable bonds is 12. The second-order valence-electron chi connectivity index (χ2n) is 9.79. The van der Waals surface area contributed by atoms with Crippen LogP contribution >= 0.6 is 0 Å². The van der Waals surface area contributed by atoms with E-state index in [9.17, 15) is 19.2 Å². The Morgan fingerprint density at radius 3 is 1.60 bits per heavy atom. The molecule has 2 atom stereocenters. The molecule has 0 spiro atoms. The van der Waals surface area contributed by atoms with Gasteiger partial charge in [0, 0.05) is 6.54 Å². The number of aliphatic imine (C=N–C) groups is 1. The molecule has 1 heterocycles. The number of hydrogen-bond donors (Lipinski definition) is 3. The molecule has 1 aliphatic rings. The average molecular weight is 587 g/mol. The molecule has 0 aliphatic carbocycles. The average Bonchev–Trinajstić information content (AvgIpc) is 3.03. The molecule has 0 saturated carbocycles. The number of esters is 1.